The van der Waals surface area contributed by atoms with Gasteiger partial charge in [-0.2, -0.15) is 0 Å². The number of carbonyl (C=O) groups excluding carboxylic acids is 2. The first-order valence-corrected chi connectivity index (χ1v) is 7.82. The highest BCUT2D eigenvalue weighted by Gasteiger charge is 2.23. The van der Waals surface area contributed by atoms with E-state index < -0.39 is 0 Å². The van der Waals surface area contributed by atoms with E-state index in [-0.39, 0.29) is 11.8 Å². The van der Waals surface area contributed by atoms with E-state index >= 15 is 0 Å². The van der Waals surface area contributed by atoms with Gasteiger partial charge in [0.25, 0.3) is 5.91 Å². The van der Waals surface area contributed by atoms with E-state index in [0.29, 0.717) is 48.3 Å². The van der Waals surface area contributed by atoms with Crippen LogP contribution < -0.4 is 9.47 Å². The molecule has 1 aliphatic rings. The first-order valence-electron chi connectivity index (χ1n) is 7.44. The normalized spacial score (nSPS) is 15.1. The number of nitrogens with zero attached hydrogens (tertiary/aromatic N) is 2. The Labute approximate surface area is 140 Å². The number of rotatable bonds is 3. The maximum Gasteiger partial charge on any atom is 0.254 e. The number of amides is 2. The molecule has 1 saturated heterocycles. The van der Waals surface area contributed by atoms with Crippen LogP contribution in [0.5, 0.6) is 11.5 Å². The molecular weight excluding hydrogens is 320 g/mol. The number of ether oxygens (including phenoxy) is 2. The standard InChI is InChI=1S/C16H21ClN2O4/c1-11(20)18-5-4-6-19(8-7-18)16(21)12-9-13(17)15(23-3)14(10-12)22-2/h9-10H,4-8H2,1-3H3. The summed E-state index contributed by atoms with van der Waals surface area (Å²) in [4.78, 5) is 27.7. The summed E-state index contributed by atoms with van der Waals surface area (Å²) in [5, 5.41) is 0.329. The average molecular weight is 341 g/mol. The van der Waals surface area contributed by atoms with E-state index in [4.69, 9.17) is 21.1 Å². The molecule has 23 heavy (non-hydrogen) atoms. The number of halogens is 1. The first-order chi connectivity index (χ1) is 11.0. The molecule has 0 saturated carbocycles. The average Bonchev–Trinajstić information content (AvgIpc) is 2.79. The lowest BCUT2D eigenvalue weighted by molar-refractivity contribution is -0.128. The third-order valence-corrected chi connectivity index (χ3v) is 4.19. The Hall–Kier alpha value is -1.95. The molecule has 1 fully saturated rings. The fourth-order valence-electron chi connectivity index (χ4n) is 2.66. The molecule has 1 heterocycles. The van der Waals surface area contributed by atoms with Crippen molar-refractivity contribution in [1.82, 2.24) is 9.80 Å². The van der Waals surface area contributed by atoms with Crippen LogP contribution in [-0.2, 0) is 4.79 Å². The number of methoxy groups -OCH3 is 2. The van der Waals surface area contributed by atoms with Gasteiger partial charge in [-0.3, -0.25) is 9.59 Å². The summed E-state index contributed by atoms with van der Waals surface area (Å²) in [7, 11) is 3.00. The predicted molar refractivity (Wildman–Crippen MR) is 87.3 cm³/mol. The smallest absolute Gasteiger partial charge is 0.254 e. The summed E-state index contributed by atoms with van der Waals surface area (Å²) >= 11 is 6.16. The molecular formula is C16H21ClN2O4. The summed E-state index contributed by atoms with van der Waals surface area (Å²) in [5.41, 5.74) is 0.448. The second kappa shape index (κ2) is 7.55. The third kappa shape index (κ3) is 3.88. The SMILES string of the molecule is COc1cc(C(=O)N2CCCN(C(C)=O)CC2)cc(Cl)c1OC. The van der Waals surface area contributed by atoms with Gasteiger partial charge < -0.3 is 19.3 Å². The molecule has 2 rings (SSSR count). The Morgan fingerprint density at radius 1 is 1.04 bits per heavy atom. The molecule has 0 spiro atoms. The second-order valence-electron chi connectivity index (χ2n) is 5.35. The molecule has 126 valence electrons. The number of benzene rings is 1. The van der Waals surface area contributed by atoms with Crippen molar-refractivity contribution < 1.29 is 19.1 Å². The molecule has 0 bridgehead atoms. The first kappa shape index (κ1) is 17.4. The highest BCUT2D eigenvalue weighted by atomic mass is 35.5. The van der Waals surface area contributed by atoms with Gasteiger partial charge in [-0.25, -0.2) is 0 Å². The minimum absolute atomic E-state index is 0.0356. The molecule has 1 aromatic rings. The molecule has 0 unspecified atom stereocenters. The van der Waals surface area contributed by atoms with Gasteiger partial charge in [0.1, 0.15) is 0 Å². The quantitative estimate of drug-likeness (QED) is 0.845. The van der Waals surface area contributed by atoms with Crippen LogP contribution >= 0.6 is 11.6 Å². The van der Waals surface area contributed by atoms with Gasteiger partial charge in [-0.1, -0.05) is 11.6 Å². The predicted octanol–water partition coefficient (Wildman–Crippen LogP) is 2.05. The summed E-state index contributed by atoms with van der Waals surface area (Å²) in [5.74, 6) is 0.736. The van der Waals surface area contributed by atoms with E-state index in [2.05, 4.69) is 0 Å². The van der Waals surface area contributed by atoms with E-state index in [1.165, 1.54) is 14.2 Å². The topological polar surface area (TPSA) is 59.1 Å². The van der Waals surface area contributed by atoms with Crippen molar-refractivity contribution in [2.24, 2.45) is 0 Å². The van der Waals surface area contributed by atoms with Gasteiger partial charge in [-0.05, 0) is 18.6 Å². The van der Waals surface area contributed by atoms with Crippen molar-refractivity contribution in [3.05, 3.63) is 22.7 Å². The maximum absolute atomic E-state index is 12.7. The lowest BCUT2D eigenvalue weighted by Crippen LogP contribution is -2.36. The molecule has 6 nitrogen and oxygen atoms in total. The van der Waals surface area contributed by atoms with Gasteiger partial charge in [0, 0.05) is 38.7 Å². The van der Waals surface area contributed by atoms with Gasteiger partial charge >= 0.3 is 0 Å². The number of carbonyl (C=O) groups is 2. The van der Waals surface area contributed by atoms with Crippen LogP contribution in [0.3, 0.4) is 0 Å². The highest BCUT2D eigenvalue weighted by Crippen LogP contribution is 2.36. The molecule has 0 radical (unpaired) electrons. The fourth-order valence-corrected chi connectivity index (χ4v) is 2.95. The Balaban J connectivity index is 2.20. The Kier molecular flexibility index (Phi) is 5.71. The molecule has 2 amide bonds. The maximum atomic E-state index is 12.7. The van der Waals surface area contributed by atoms with Gasteiger partial charge in [0.2, 0.25) is 5.91 Å². The molecule has 0 atom stereocenters. The Morgan fingerprint density at radius 2 is 1.70 bits per heavy atom. The van der Waals surface area contributed by atoms with Crippen LogP contribution in [0.1, 0.15) is 23.7 Å². The molecule has 7 heteroatoms. The van der Waals surface area contributed by atoms with Crippen molar-refractivity contribution in [2.45, 2.75) is 13.3 Å². The zero-order valence-corrected chi connectivity index (χ0v) is 14.4. The van der Waals surface area contributed by atoms with Gasteiger partial charge in [-0.15, -0.1) is 0 Å². The molecule has 1 aromatic carbocycles. The number of hydrogen-bond acceptors (Lipinski definition) is 4. The monoisotopic (exact) mass is 340 g/mol. The summed E-state index contributed by atoms with van der Waals surface area (Å²) in [6, 6.07) is 3.21. The van der Waals surface area contributed by atoms with Crippen molar-refractivity contribution in [2.75, 3.05) is 40.4 Å². The molecule has 0 aromatic heterocycles. The Bertz CT molecular complexity index is 606. The van der Waals surface area contributed by atoms with Crippen LogP contribution in [0.4, 0.5) is 0 Å². The lowest BCUT2D eigenvalue weighted by Gasteiger charge is -2.22. The summed E-state index contributed by atoms with van der Waals surface area (Å²) in [6.45, 7) is 3.87. The van der Waals surface area contributed by atoms with E-state index in [0.717, 1.165) is 6.42 Å². The summed E-state index contributed by atoms with van der Waals surface area (Å²) < 4.78 is 10.4. The van der Waals surface area contributed by atoms with Crippen LogP contribution in [0.25, 0.3) is 0 Å². The van der Waals surface area contributed by atoms with Crippen LogP contribution in [0.2, 0.25) is 5.02 Å². The van der Waals surface area contributed by atoms with Crippen molar-refractivity contribution in [3.8, 4) is 11.5 Å². The highest BCUT2D eigenvalue weighted by molar-refractivity contribution is 6.32. The van der Waals surface area contributed by atoms with Crippen LogP contribution in [0.15, 0.2) is 12.1 Å². The molecule has 1 aliphatic heterocycles. The zero-order valence-electron chi connectivity index (χ0n) is 13.6. The second-order valence-corrected chi connectivity index (χ2v) is 5.75. The van der Waals surface area contributed by atoms with Crippen molar-refractivity contribution >= 4 is 23.4 Å². The van der Waals surface area contributed by atoms with Crippen LogP contribution in [-0.4, -0.2) is 62.0 Å². The zero-order chi connectivity index (χ0) is 17.0. The van der Waals surface area contributed by atoms with Crippen molar-refractivity contribution in [3.63, 3.8) is 0 Å². The van der Waals surface area contributed by atoms with E-state index in [1.54, 1.807) is 28.9 Å². The lowest BCUT2D eigenvalue weighted by atomic mass is 10.1. The van der Waals surface area contributed by atoms with Crippen LogP contribution in [0, 0.1) is 0 Å². The van der Waals surface area contributed by atoms with Gasteiger partial charge in [0.15, 0.2) is 11.5 Å². The van der Waals surface area contributed by atoms with E-state index in [1.807, 2.05) is 0 Å². The summed E-state index contributed by atoms with van der Waals surface area (Å²) in [6.07, 6.45) is 0.756. The largest absolute Gasteiger partial charge is 0.493 e. The fraction of sp³-hybridized carbons (Fsp3) is 0.500. The number of hydrogen-bond donors (Lipinski definition) is 0. The van der Waals surface area contributed by atoms with Gasteiger partial charge in [0.05, 0.1) is 19.2 Å². The minimum atomic E-state index is -0.127. The minimum Gasteiger partial charge on any atom is -0.493 e. The molecule has 0 N–H and O–H groups in total. The molecule has 0 aliphatic carbocycles. The Morgan fingerprint density at radius 3 is 2.30 bits per heavy atom. The third-order valence-electron chi connectivity index (χ3n) is 3.91. The van der Waals surface area contributed by atoms with E-state index in [9.17, 15) is 9.59 Å². The van der Waals surface area contributed by atoms with Crippen molar-refractivity contribution in [1.29, 1.82) is 0 Å².